The number of carboxylic acids is 1. The Morgan fingerprint density at radius 2 is 0.742 bits per heavy atom. The number of carboxylic acid groups (broad SMARTS) is 1. The topological polar surface area (TPSA) is 460 Å². The number of nitrogen functional groups attached to an aromatic ring is 1. The van der Waals surface area contributed by atoms with Crippen molar-refractivity contribution in [1.29, 1.82) is 10.5 Å². The van der Waals surface area contributed by atoms with Gasteiger partial charge in [0, 0.05) is 83.8 Å². The average molecular weight is 1820 g/mol. The first-order valence-corrected chi connectivity index (χ1v) is 43.9. The number of carbonyl (C=O) groups excluding carboxylic acids is 3. The number of aromatic nitrogens is 16. The number of hydrogen-bond acceptors (Lipinski definition) is 30. The van der Waals surface area contributed by atoms with Gasteiger partial charge in [-0.3, -0.25) is 23.5 Å². The van der Waals surface area contributed by atoms with E-state index in [-0.39, 0.29) is 82.0 Å². The molecule has 37 heteroatoms. The molecule has 132 heavy (non-hydrogen) atoms. The Labute approximate surface area is 797 Å². The molecule has 4 aromatic carbocycles. The number of likely N-dealkylation sites (tertiary alicyclic amines) is 4. The van der Waals surface area contributed by atoms with Crippen molar-refractivity contribution in [2.45, 2.75) is 142 Å². The molecule has 12 aromatic rings. The van der Waals surface area contributed by atoms with Crippen LogP contribution in [0.3, 0.4) is 0 Å². The van der Waals surface area contributed by atoms with E-state index in [2.05, 4.69) is 130 Å². The number of ether oxygens (including phenoxy) is 2. The second kappa shape index (κ2) is 50.7. The van der Waals surface area contributed by atoms with Crippen molar-refractivity contribution in [1.82, 2.24) is 98.6 Å². The van der Waals surface area contributed by atoms with Crippen molar-refractivity contribution in [3.8, 4) is 57.2 Å². The standard InChI is InChI=1S/C26H31N7O.C22H26N6O2.C21H24N6O2.C13H11ClN2O2.C9H16N4.C4H8N2.Na.H2O/c1-4-19(14-27)13-24(34)20-5-7-21(8-6-20)25-18(2)15-28-26(31-25)30-22-16-29-33(17-22)23-9-11-32(3)12-10-23;1-15-12-23-22(26-20(15)16-4-6-17(7-5-16)21(29)30-3)25-18-13-24-28(14-18)19-8-10-27(2)11-9-19;1-14-11-22-21(25-19(14)15-3-5-16(6-4-15)20(28)29)24-17-12-23-27(13-17)18-7-9-26(2)10-8-18;1-8-7-15-13(14)16-11(8)9-3-5-10(6-4-9)12(17)18-2;1-12-4-2-9(3-5-12)13-7-8(10)6-11-13;1-2-4(6)3-5;;/h5-8,15-17,19,23H,4,9-13H2,1-3H3,(H,28,30,31);4-7,12-14,19H,8-11H2,1-3H3,(H,23,25,26);3-6,11-13,18H,7-10H2,1-2H3,(H,28,29)(H,22,24,25);3-7H,1-2H3;6-7,9H,2-5,10H2,1H3;4H,2,6H2,1H3;;1H2/q;;;;;;+1;/p-1/t19-;;;;;4-;;/m1....0../s1. The number of aryl methyl sites for hydroxylation is 4. The number of aromatic carboxylic acids is 1. The van der Waals surface area contributed by atoms with Gasteiger partial charge in [0.05, 0.1) is 149 Å². The summed E-state index contributed by atoms with van der Waals surface area (Å²) in [6.07, 6.45) is 32.7. The van der Waals surface area contributed by atoms with Gasteiger partial charge >= 0.3 is 47.5 Å². The van der Waals surface area contributed by atoms with Gasteiger partial charge in [-0.05, 0) is 243 Å². The predicted molar refractivity (Wildman–Crippen MR) is 504 cm³/mol. The molecule has 4 aliphatic rings. The van der Waals surface area contributed by atoms with Crippen LogP contribution in [0, 0.1) is 56.3 Å². The van der Waals surface area contributed by atoms with E-state index in [1.807, 2.05) is 140 Å². The van der Waals surface area contributed by atoms with Crippen LogP contribution in [-0.4, -0.2) is 234 Å². The van der Waals surface area contributed by atoms with E-state index in [1.165, 1.54) is 27.1 Å². The summed E-state index contributed by atoms with van der Waals surface area (Å²) >= 11 is 5.77. The molecule has 16 rings (SSSR count). The number of ketones is 1. The molecule has 0 spiro atoms. The number of methoxy groups -OCH3 is 2. The van der Waals surface area contributed by atoms with E-state index in [1.54, 1.807) is 97.8 Å². The summed E-state index contributed by atoms with van der Waals surface area (Å²) in [7, 11) is 11.3. The second-order valence-corrected chi connectivity index (χ2v) is 33.2. The first-order chi connectivity index (χ1) is 62.7. The molecule has 688 valence electrons. The summed E-state index contributed by atoms with van der Waals surface area (Å²) in [5.41, 5.74) is 26.4. The number of nitrogens with one attached hydrogen (secondary N) is 3. The van der Waals surface area contributed by atoms with Crippen LogP contribution >= 0.6 is 11.6 Å². The summed E-state index contributed by atoms with van der Waals surface area (Å²) in [4.78, 5) is 91.2. The third kappa shape index (κ3) is 29.7. The summed E-state index contributed by atoms with van der Waals surface area (Å²) in [6, 6.07) is 33.9. The van der Waals surface area contributed by atoms with Crippen molar-refractivity contribution < 1.29 is 68.8 Å². The minimum Gasteiger partial charge on any atom is -0.870 e. The Balaban J connectivity index is 0.000000187. The monoisotopic (exact) mass is 1820 g/mol. The molecular weight excluding hydrogens is 1710 g/mol. The number of nitrogens with zero attached hydrogens (tertiary/aromatic N) is 22. The van der Waals surface area contributed by atoms with Gasteiger partial charge in [0.2, 0.25) is 23.1 Å². The molecule has 0 aliphatic carbocycles. The number of benzene rings is 4. The van der Waals surface area contributed by atoms with E-state index in [0.717, 1.165) is 187 Å². The molecular formula is C95H117ClN27NaO8. The van der Waals surface area contributed by atoms with Crippen LogP contribution < -0.4 is 57.0 Å². The Hall–Kier alpha value is -12.7. The molecule has 0 unspecified atom stereocenters. The molecule has 8 aromatic heterocycles. The van der Waals surface area contributed by atoms with Crippen molar-refractivity contribution in [3.63, 3.8) is 0 Å². The first kappa shape index (κ1) is 103. The molecule has 0 saturated carbocycles. The SMILES string of the molecule is CC[C@@H](C#N)CC(=O)c1ccc(-c2nc(Nc3cnn(C4CCN(C)CC4)c3)ncc2C)cc1.CC[C@H](N)C#N.CN1CCC(n2cc(N)cn2)CC1.COC(=O)c1ccc(-c2nc(Cl)ncc2C)cc1.COC(=O)c1ccc(-c2nc(Nc3cnn(C4CCN(C)CC4)c3)ncc2C)cc1.Cc1cnc(Nc2cnn(C3CCN(C)CC3)c2)nc1-c1ccc(C(=O)O)cc1.[Na+].[OH-]. The maximum Gasteiger partial charge on any atom is 1.00 e. The van der Waals surface area contributed by atoms with Gasteiger partial charge in [0.15, 0.2) is 5.78 Å². The second-order valence-electron chi connectivity index (χ2n) is 32.8. The summed E-state index contributed by atoms with van der Waals surface area (Å²) < 4.78 is 17.5. The number of piperidine rings is 4. The van der Waals surface area contributed by atoms with Crippen LogP contribution in [0.4, 0.5) is 40.6 Å². The van der Waals surface area contributed by atoms with E-state index in [0.29, 0.717) is 65.1 Å². The normalized spacial score (nSPS) is 14.8. The zero-order chi connectivity index (χ0) is 92.9. The number of halogens is 1. The van der Waals surface area contributed by atoms with Gasteiger partial charge in [-0.1, -0.05) is 74.5 Å². The van der Waals surface area contributed by atoms with Gasteiger partial charge < -0.3 is 67.1 Å². The van der Waals surface area contributed by atoms with E-state index in [9.17, 15) is 19.2 Å². The van der Waals surface area contributed by atoms with Crippen LogP contribution in [0.1, 0.15) is 172 Å². The number of hydrogen-bond donors (Lipinski definition) is 6. The molecule has 4 fully saturated rings. The number of anilines is 7. The summed E-state index contributed by atoms with van der Waals surface area (Å²) in [5, 5.41) is 53.9. The van der Waals surface area contributed by atoms with Crippen LogP contribution in [0.2, 0.25) is 5.28 Å². The molecule has 0 bridgehead atoms. The largest absolute Gasteiger partial charge is 1.00 e. The molecule has 9 N–H and O–H groups in total. The number of carbonyl (C=O) groups is 4. The zero-order valence-electron chi connectivity index (χ0n) is 77.3. The molecule has 0 amide bonds. The van der Waals surface area contributed by atoms with Crippen molar-refractivity contribution in [2.75, 3.05) is 116 Å². The van der Waals surface area contributed by atoms with Crippen molar-refractivity contribution in [3.05, 3.63) is 221 Å². The molecule has 35 nitrogen and oxygen atoms in total. The fourth-order valence-corrected chi connectivity index (χ4v) is 15.1. The maximum absolute atomic E-state index is 12.5. The van der Waals surface area contributed by atoms with Crippen LogP contribution in [-0.2, 0) is 9.47 Å². The Morgan fingerprint density at radius 3 is 1.02 bits per heavy atom. The number of nitriles is 2. The minimum absolute atomic E-state index is 0. The Kier molecular flexibility index (Phi) is 39.6. The zero-order valence-corrected chi connectivity index (χ0v) is 80.0. The summed E-state index contributed by atoms with van der Waals surface area (Å²) in [6.45, 7) is 20.4. The molecule has 4 saturated heterocycles. The van der Waals surface area contributed by atoms with Gasteiger partial charge in [-0.25, -0.2) is 54.3 Å². The third-order valence-corrected chi connectivity index (χ3v) is 23.2. The first-order valence-electron chi connectivity index (χ1n) is 43.5. The third-order valence-electron chi connectivity index (χ3n) is 23.1. The summed E-state index contributed by atoms with van der Waals surface area (Å²) in [5.74, 6) is -0.421. The van der Waals surface area contributed by atoms with E-state index >= 15 is 0 Å². The molecule has 2 atom stereocenters. The average Bonchev–Trinajstić information content (AvgIpc) is 1.26. The maximum atomic E-state index is 12.5. The van der Waals surface area contributed by atoms with Crippen LogP contribution in [0.5, 0.6) is 0 Å². The van der Waals surface area contributed by atoms with Gasteiger partial charge in [0.1, 0.15) is 0 Å². The number of esters is 2. The molecule has 12 heterocycles. The fourth-order valence-electron chi connectivity index (χ4n) is 14.9. The Morgan fingerprint density at radius 1 is 0.447 bits per heavy atom. The minimum atomic E-state index is -0.945. The van der Waals surface area contributed by atoms with Gasteiger partial charge in [-0.2, -0.15) is 30.9 Å². The Bertz CT molecular complexity index is 5790. The van der Waals surface area contributed by atoms with Crippen LogP contribution in [0.25, 0.3) is 45.0 Å². The van der Waals surface area contributed by atoms with Crippen LogP contribution in [0.15, 0.2) is 171 Å². The van der Waals surface area contributed by atoms with Crippen molar-refractivity contribution in [2.24, 2.45) is 11.7 Å². The quantitative estimate of drug-likeness (QED) is 0.0159. The fraction of sp³-hybridized carbons (Fsp3) is 0.389. The smallest absolute Gasteiger partial charge is 0.870 e. The van der Waals surface area contributed by atoms with Crippen molar-refractivity contribution >= 4 is 75.9 Å². The van der Waals surface area contributed by atoms with Gasteiger partial charge in [0.25, 0.3) is 0 Å². The van der Waals surface area contributed by atoms with E-state index in [4.69, 9.17) is 48.4 Å². The number of Topliss-reactive ketones (excluding diaryl/α,β-unsaturated/α-hetero) is 1. The van der Waals surface area contributed by atoms with E-state index < -0.39 is 5.97 Å². The molecule has 4 aliphatic heterocycles. The number of nitrogens with two attached hydrogens (primary N) is 2. The van der Waals surface area contributed by atoms with Gasteiger partial charge in [-0.15, -0.1) is 0 Å². The molecule has 0 radical (unpaired) electrons. The number of rotatable bonds is 22. The predicted octanol–water partition coefficient (Wildman–Crippen LogP) is 12.3.